The molecule has 0 spiro atoms. The predicted molar refractivity (Wildman–Crippen MR) is 175 cm³/mol. The van der Waals surface area contributed by atoms with Crippen LogP contribution in [0.3, 0.4) is 0 Å². The second-order valence-electron chi connectivity index (χ2n) is 11.0. The number of aromatic nitrogens is 7. The van der Waals surface area contributed by atoms with Crippen LogP contribution in [-0.4, -0.2) is 54.6 Å². The molecule has 3 aromatic heterocycles. The highest BCUT2D eigenvalue weighted by Crippen LogP contribution is 2.34. The van der Waals surface area contributed by atoms with Crippen molar-refractivity contribution in [1.29, 1.82) is 0 Å². The van der Waals surface area contributed by atoms with Gasteiger partial charge >= 0.3 is 5.97 Å². The third-order valence-electron chi connectivity index (χ3n) is 7.99. The van der Waals surface area contributed by atoms with Gasteiger partial charge in [0.2, 0.25) is 5.82 Å². The van der Waals surface area contributed by atoms with E-state index in [4.69, 9.17) is 16.3 Å². The number of nitrogens with one attached hydrogen (secondary N) is 4. The number of carbonyl (C=O) groups excluding carboxylic acids is 1. The van der Waals surface area contributed by atoms with Gasteiger partial charge in [-0.15, -0.1) is 10.2 Å². The minimum absolute atomic E-state index is 0.302. The summed E-state index contributed by atoms with van der Waals surface area (Å²) in [5.74, 6) is 0.862. The molecule has 0 unspecified atom stereocenters. The van der Waals surface area contributed by atoms with Crippen molar-refractivity contribution in [3.8, 4) is 22.5 Å². The zero-order chi connectivity index (χ0) is 31.2. The van der Waals surface area contributed by atoms with Crippen LogP contribution >= 0.6 is 11.6 Å². The normalized spacial score (nSPS) is 12.8. The molecule has 0 bridgehead atoms. The Hall–Kier alpha value is -4.80. The molecule has 6 aromatic rings. The lowest BCUT2D eigenvalue weighted by atomic mass is 9.95. The quantitative estimate of drug-likeness (QED) is 0.109. The van der Waals surface area contributed by atoms with Crippen LogP contribution in [0.25, 0.3) is 33.4 Å². The third-order valence-corrected chi connectivity index (χ3v) is 8.28. The Bertz CT molecular complexity index is 1870. The Labute approximate surface area is 266 Å². The zero-order valence-electron chi connectivity index (χ0n) is 25.2. The summed E-state index contributed by atoms with van der Waals surface area (Å²) < 4.78 is 6.28. The standard InChI is InChI=1S/C34H35ClN8O2/c1-3-4-14-30-38-31(32(35)39-30)29(45-34(44)28(36-2)19-23-20-37-27-13-9-8-12-25(23)27)18-21-15-16-24(22-10-6-5-7-11-22)26(17-21)33-40-42-43-41-33/h5-13,15-17,20,28-29,36-37H,3-4,14,18-19H2,1-2H3,(H,38,39)(H,40,41,42,43)/t28-,29-/m1/s1. The summed E-state index contributed by atoms with van der Waals surface area (Å²) in [4.78, 5) is 25.0. The summed E-state index contributed by atoms with van der Waals surface area (Å²) in [5, 5.41) is 19.4. The van der Waals surface area contributed by atoms with Gasteiger partial charge in [-0.1, -0.05) is 85.6 Å². The molecule has 10 nitrogen and oxygen atoms in total. The van der Waals surface area contributed by atoms with E-state index in [0.29, 0.717) is 29.5 Å². The molecule has 0 aliphatic carbocycles. The summed E-state index contributed by atoms with van der Waals surface area (Å²) >= 11 is 6.69. The number of imidazole rings is 1. The number of likely N-dealkylation sites (N-methyl/N-ethyl adjacent to an activating group) is 1. The Kier molecular flexibility index (Phi) is 9.33. The molecule has 0 aliphatic rings. The fourth-order valence-electron chi connectivity index (χ4n) is 5.60. The second-order valence-corrected chi connectivity index (χ2v) is 11.4. The fraction of sp³-hybridized carbons (Fsp3) is 0.265. The number of ether oxygens (including phenoxy) is 1. The highest BCUT2D eigenvalue weighted by molar-refractivity contribution is 6.30. The molecule has 0 amide bonds. The molecule has 0 saturated heterocycles. The van der Waals surface area contributed by atoms with Crippen LogP contribution in [0.15, 0.2) is 79.0 Å². The van der Waals surface area contributed by atoms with Gasteiger partial charge in [-0.25, -0.2) is 4.98 Å². The molecule has 11 heteroatoms. The van der Waals surface area contributed by atoms with Crippen LogP contribution in [-0.2, 0) is 28.8 Å². The number of aromatic amines is 3. The topological polar surface area (TPSA) is 137 Å². The molecule has 0 aliphatic heterocycles. The van der Waals surface area contributed by atoms with Gasteiger partial charge in [0.1, 0.15) is 18.0 Å². The second kappa shape index (κ2) is 13.9. The van der Waals surface area contributed by atoms with Crippen molar-refractivity contribution in [3.05, 3.63) is 107 Å². The lowest BCUT2D eigenvalue weighted by Gasteiger charge is -2.22. The van der Waals surface area contributed by atoms with Crippen molar-refractivity contribution in [1.82, 2.24) is 40.9 Å². The number of H-pyrrole nitrogens is 3. The molecule has 6 rings (SSSR count). The molecule has 0 fully saturated rings. The van der Waals surface area contributed by atoms with Crippen molar-refractivity contribution in [2.24, 2.45) is 0 Å². The lowest BCUT2D eigenvalue weighted by molar-refractivity contribution is -0.152. The van der Waals surface area contributed by atoms with Crippen LogP contribution in [0.5, 0.6) is 0 Å². The van der Waals surface area contributed by atoms with E-state index in [2.05, 4.69) is 47.8 Å². The number of carbonyl (C=O) groups is 1. The number of nitrogens with zero attached hydrogens (tertiary/aromatic N) is 4. The molecular formula is C34H35ClN8O2. The largest absolute Gasteiger partial charge is 0.454 e. The van der Waals surface area contributed by atoms with E-state index in [9.17, 15) is 4.79 Å². The number of rotatable bonds is 13. The minimum atomic E-state index is -0.715. The summed E-state index contributed by atoms with van der Waals surface area (Å²) in [6.07, 6.45) is 4.78. The number of tetrazole rings is 1. The van der Waals surface area contributed by atoms with Gasteiger partial charge in [-0.2, -0.15) is 5.21 Å². The van der Waals surface area contributed by atoms with E-state index in [0.717, 1.165) is 63.8 Å². The van der Waals surface area contributed by atoms with Crippen molar-refractivity contribution < 1.29 is 9.53 Å². The smallest absolute Gasteiger partial charge is 0.324 e. The van der Waals surface area contributed by atoms with Gasteiger partial charge < -0.3 is 20.0 Å². The Morgan fingerprint density at radius 3 is 2.62 bits per heavy atom. The molecule has 230 valence electrons. The highest BCUT2D eigenvalue weighted by atomic mass is 35.5. The van der Waals surface area contributed by atoms with Crippen molar-refractivity contribution in [2.45, 2.75) is 51.2 Å². The first-order valence-corrected chi connectivity index (χ1v) is 15.5. The van der Waals surface area contributed by atoms with E-state index >= 15 is 0 Å². The van der Waals surface area contributed by atoms with Crippen LogP contribution < -0.4 is 5.32 Å². The molecule has 45 heavy (non-hydrogen) atoms. The summed E-state index contributed by atoms with van der Waals surface area (Å²) in [6, 6.07) is 23.6. The maximum absolute atomic E-state index is 13.8. The maximum Gasteiger partial charge on any atom is 0.324 e. The Balaban J connectivity index is 1.32. The first kappa shape index (κ1) is 30.2. The predicted octanol–water partition coefficient (Wildman–Crippen LogP) is 6.39. The fourth-order valence-corrected chi connectivity index (χ4v) is 5.87. The van der Waals surface area contributed by atoms with Gasteiger partial charge in [0, 0.05) is 41.9 Å². The van der Waals surface area contributed by atoms with Crippen LogP contribution in [0.1, 0.15) is 48.5 Å². The average Bonchev–Trinajstić information content (AvgIpc) is 3.83. The molecule has 2 atom stereocenters. The number of halogens is 1. The summed E-state index contributed by atoms with van der Waals surface area (Å²) in [6.45, 7) is 2.13. The van der Waals surface area contributed by atoms with E-state index in [-0.39, 0.29) is 5.97 Å². The minimum Gasteiger partial charge on any atom is -0.454 e. The van der Waals surface area contributed by atoms with Gasteiger partial charge in [-0.3, -0.25) is 4.79 Å². The molecule has 3 aromatic carbocycles. The van der Waals surface area contributed by atoms with Gasteiger partial charge in [0.05, 0.1) is 5.69 Å². The van der Waals surface area contributed by atoms with E-state index in [1.165, 1.54) is 0 Å². The van der Waals surface area contributed by atoms with Crippen LogP contribution in [0.4, 0.5) is 0 Å². The number of para-hydroxylation sites is 1. The average molecular weight is 623 g/mol. The molecule has 3 heterocycles. The van der Waals surface area contributed by atoms with Gasteiger partial charge in [0.25, 0.3) is 0 Å². The summed E-state index contributed by atoms with van der Waals surface area (Å²) in [7, 11) is 1.77. The van der Waals surface area contributed by atoms with E-state index in [1.807, 2.05) is 79.0 Å². The Morgan fingerprint density at radius 1 is 1.02 bits per heavy atom. The number of hydrogen-bond acceptors (Lipinski definition) is 7. The number of benzene rings is 3. The number of fused-ring (bicyclic) bond motifs is 1. The van der Waals surface area contributed by atoms with E-state index < -0.39 is 12.1 Å². The van der Waals surface area contributed by atoms with E-state index in [1.54, 1.807) is 7.05 Å². The first-order valence-electron chi connectivity index (χ1n) is 15.1. The summed E-state index contributed by atoms with van der Waals surface area (Å²) in [5.41, 5.74) is 6.33. The van der Waals surface area contributed by atoms with Crippen LogP contribution in [0.2, 0.25) is 5.15 Å². The van der Waals surface area contributed by atoms with Crippen molar-refractivity contribution >= 4 is 28.5 Å². The third kappa shape index (κ3) is 6.82. The van der Waals surface area contributed by atoms with Crippen molar-refractivity contribution in [3.63, 3.8) is 0 Å². The highest BCUT2D eigenvalue weighted by Gasteiger charge is 2.28. The van der Waals surface area contributed by atoms with Gasteiger partial charge in [0.15, 0.2) is 5.15 Å². The van der Waals surface area contributed by atoms with Crippen LogP contribution in [0, 0.1) is 0 Å². The zero-order valence-corrected chi connectivity index (χ0v) is 25.9. The van der Waals surface area contributed by atoms with Gasteiger partial charge in [-0.05, 0) is 53.1 Å². The molecule has 0 radical (unpaired) electrons. The molecular weight excluding hydrogens is 588 g/mol. The SMILES string of the molecule is CCCCc1nc(Cl)c([C@@H](Cc2ccc(-c3ccccc3)c(-c3nn[nH]n3)c2)OC(=O)[C@@H](Cc2c[nH]c3ccccc23)NC)[nH]1. The Morgan fingerprint density at radius 2 is 1.84 bits per heavy atom. The number of aryl methyl sites for hydroxylation is 1. The molecule has 0 saturated carbocycles. The maximum atomic E-state index is 13.8. The monoisotopic (exact) mass is 622 g/mol. The molecule has 4 N–H and O–H groups in total. The number of unbranched alkanes of at least 4 members (excludes halogenated alkanes) is 1. The number of esters is 1. The first-order chi connectivity index (χ1) is 22.0. The number of hydrogen-bond donors (Lipinski definition) is 4. The van der Waals surface area contributed by atoms with Crippen molar-refractivity contribution in [2.75, 3.05) is 7.05 Å². The lowest BCUT2D eigenvalue weighted by Crippen LogP contribution is -2.38.